The predicted molar refractivity (Wildman–Crippen MR) is 276 cm³/mol. The SMILES string of the molecule is CC1CCN(CCC(=O)N2CCN(CC(O)Cn3c4ccc(Br)cc4c4cc(Br)ccc43)CC2)CC1.CCCSc1nc(NCCN)c(N)c(N(N)Cc2ccc(C#CCNC=O)cc2)n1. The number of piperidine rings is 1. The largest absolute Gasteiger partial charge is 0.393 e. The number of carbonyl (C=O) groups is 2. The van der Waals surface area contributed by atoms with Crippen LogP contribution in [0.5, 0.6) is 0 Å². The molecule has 1 atom stereocenters. The number of fused-ring (bicyclic) bond motifs is 3. The number of halogens is 2. The van der Waals surface area contributed by atoms with Crippen LogP contribution in [0.1, 0.15) is 50.7 Å². The number of nitrogens with one attached hydrogen (secondary N) is 2. The molecule has 7 rings (SSSR count). The van der Waals surface area contributed by atoms with Crippen LogP contribution in [0.3, 0.4) is 0 Å². The van der Waals surface area contributed by atoms with E-state index in [-0.39, 0.29) is 5.91 Å². The van der Waals surface area contributed by atoms with Crippen LogP contribution in [-0.4, -0.2) is 131 Å². The van der Waals surface area contributed by atoms with Crippen LogP contribution in [0, 0.1) is 17.8 Å². The summed E-state index contributed by atoms with van der Waals surface area (Å²) in [6, 6.07) is 20.3. The van der Waals surface area contributed by atoms with E-state index in [0.29, 0.717) is 74.6 Å². The van der Waals surface area contributed by atoms with Crippen molar-refractivity contribution in [2.45, 2.75) is 63.9 Å². The second-order valence-corrected chi connectivity index (χ2v) is 19.7. The third-order valence-electron chi connectivity index (χ3n) is 11.8. The number of β-amino-alcohol motifs (C(OH)–C–C–N with tert-alkyl or cyclic N) is 1. The fourth-order valence-corrected chi connectivity index (χ4v) is 9.55. The van der Waals surface area contributed by atoms with Crippen molar-refractivity contribution in [2.75, 3.05) is 93.8 Å². The Morgan fingerprint density at radius 1 is 0.970 bits per heavy atom. The molecule has 2 aliphatic rings. The smallest absolute Gasteiger partial charge is 0.223 e. The molecule has 2 aliphatic heterocycles. The van der Waals surface area contributed by atoms with Gasteiger partial charge in [-0.3, -0.25) is 19.5 Å². The van der Waals surface area contributed by atoms with Crippen LogP contribution < -0.4 is 33.0 Å². The Morgan fingerprint density at radius 2 is 1.64 bits per heavy atom. The zero-order chi connectivity index (χ0) is 47.0. The molecule has 15 nitrogen and oxygen atoms in total. The lowest BCUT2D eigenvalue weighted by Gasteiger charge is -2.36. The number of hydrazine groups is 1. The molecule has 5 aromatic rings. The molecule has 2 aromatic heterocycles. The Labute approximate surface area is 409 Å². The number of anilines is 3. The van der Waals surface area contributed by atoms with Crippen LogP contribution in [-0.2, 0) is 22.7 Å². The minimum absolute atomic E-state index is 0.274. The molecular weight excluding hydrogens is 984 g/mol. The van der Waals surface area contributed by atoms with Crippen LogP contribution in [0.2, 0.25) is 0 Å². The summed E-state index contributed by atoms with van der Waals surface area (Å²) >= 11 is 8.76. The van der Waals surface area contributed by atoms with Gasteiger partial charge < -0.3 is 41.6 Å². The number of aliphatic hydroxyl groups excluding tert-OH is 1. The number of amides is 2. The van der Waals surface area contributed by atoms with Crippen molar-refractivity contribution in [3.63, 3.8) is 0 Å². The number of hydrogen-bond acceptors (Lipinski definition) is 13. The summed E-state index contributed by atoms with van der Waals surface area (Å²) in [4.78, 5) is 38.8. The highest BCUT2D eigenvalue weighted by Crippen LogP contribution is 2.34. The van der Waals surface area contributed by atoms with Gasteiger partial charge in [0.25, 0.3) is 0 Å². The van der Waals surface area contributed by atoms with E-state index in [4.69, 9.17) is 17.3 Å². The summed E-state index contributed by atoms with van der Waals surface area (Å²) in [5, 5.41) is 21.2. The zero-order valence-corrected chi connectivity index (χ0v) is 42.0. The maximum absolute atomic E-state index is 12.8. The highest BCUT2D eigenvalue weighted by atomic mass is 79.9. The minimum atomic E-state index is -0.486. The second kappa shape index (κ2) is 25.6. The van der Waals surface area contributed by atoms with E-state index >= 15 is 0 Å². The van der Waals surface area contributed by atoms with Gasteiger partial charge in [0.05, 0.1) is 25.7 Å². The van der Waals surface area contributed by atoms with Gasteiger partial charge in [-0.1, -0.05) is 81.4 Å². The summed E-state index contributed by atoms with van der Waals surface area (Å²) in [5.41, 5.74) is 16.3. The number of nitrogens with two attached hydrogens (primary N) is 3. The number of carbonyl (C=O) groups excluding carboxylic acids is 2. The molecule has 0 bridgehead atoms. The van der Waals surface area contributed by atoms with Gasteiger partial charge >= 0.3 is 0 Å². The summed E-state index contributed by atoms with van der Waals surface area (Å²) in [5.74, 6) is 15.1. The van der Waals surface area contributed by atoms with Gasteiger partial charge in [-0.25, -0.2) is 15.8 Å². The third kappa shape index (κ3) is 14.5. The second-order valence-electron chi connectivity index (χ2n) is 16.8. The van der Waals surface area contributed by atoms with Gasteiger partial charge in [0.15, 0.2) is 16.8 Å². The zero-order valence-electron chi connectivity index (χ0n) is 38.0. The molecule has 0 radical (unpaired) electrons. The van der Waals surface area contributed by atoms with Gasteiger partial charge in [0.2, 0.25) is 12.3 Å². The molecule has 2 fully saturated rings. The van der Waals surface area contributed by atoms with E-state index in [1.807, 2.05) is 29.2 Å². The van der Waals surface area contributed by atoms with E-state index < -0.39 is 6.10 Å². The molecular formula is C48H64Br2N12O3S. The molecule has 0 aliphatic carbocycles. The molecule has 2 amide bonds. The lowest BCUT2D eigenvalue weighted by molar-refractivity contribution is -0.133. The molecule has 0 saturated carbocycles. The lowest BCUT2D eigenvalue weighted by Crippen LogP contribution is -2.51. The molecule has 1 unspecified atom stereocenters. The first-order valence-corrected chi connectivity index (χ1v) is 25.3. The average Bonchev–Trinajstić information content (AvgIpc) is 3.60. The average molecular weight is 1050 g/mol. The monoisotopic (exact) mass is 1050 g/mol. The van der Waals surface area contributed by atoms with Crippen molar-refractivity contribution < 1.29 is 14.7 Å². The summed E-state index contributed by atoms with van der Waals surface area (Å²) in [7, 11) is 0. The van der Waals surface area contributed by atoms with E-state index in [9.17, 15) is 14.7 Å². The van der Waals surface area contributed by atoms with Crippen molar-refractivity contribution in [1.29, 1.82) is 0 Å². The van der Waals surface area contributed by atoms with Gasteiger partial charge in [0, 0.05) is 101 Å². The molecule has 18 heteroatoms. The van der Waals surface area contributed by atoms with Gasteiger partial charge in [-0.15, -0.1) is 0 Å². The van der Waals surface area contributed by atoms with Crippen LogP contribution in [0.4, 0.5) is 17.3 Å². The Morgan fingerprint density at radius 3 is 2.26 bits per heavy atom. The summed E-state index contributed by atoms with van der Waals surface area (Å²) < 4.78 is 4.33. The Kier molecular flexibility index (Phi) is 19.8. The van der Waals surface area contributed by atoms with Crippen LogP contribution in [0.25, 0.3) is 21.8 Å². The van der Waals surface area contributed by atoms with E-state index in [1.54, 1.807) is 11.8 Å². The molecule has 9 N–H and O–H groups in total. The van der Waals surface area contributed by atoms with Crippen molar-refractivity contribution in [2.24, 2.45) is 17.5 Å². The minimum Gasteiger partial charge on any atom is -0.393 e. The number of likely N-dealkylation sites (tertiary alicyclic amines) is 1. The number of rotatable bonds is 18. The Hall–Kier alpha value is -4.45. The van der Waals surface area contributed by atoms with E-state index in [2.05, 4.69) is 129 Å². The summed E-state index contributed by atoms with van der Waals surface area (Å²) in [6.45, 7) is 13.6. The molecule has 2 saturated heterocycles. The normalized spacial score (nSPS) is 15.2. The fourth-order valence-electron chi connectivity index (χ4n) is 8.13. The number of benzene rings is 3. The van der Waals surface area contributed by atoms with Gasteiger partial charge in [-0.05, 0) is 92.4 Å². The number of aliphatic hydroxyl groups is 1. The maximum Gasteiger partial charge on any atom is 0.223 e. The van der Waals surface area contributed by atoms with Gasteiger partial charge in [0.1, 0.15) is 5.69 Å². The first kappa shape index (κ1) is 51.0. The van der Waals surface area contributed by atoms with E-state index in [1.165, 1.54) is 28.6 Å². The highest BCUT2D eigenvalue weighted by Gasteiger charge is 2.25. The number of nitrogen functional groups attached to an aromatic ring is 1. The summed E-state index contributed by atoms with van der Waals surface area (Å²) in [6.07, 6.45) is 4.26. The van der Waals surface area contributed by atoms with Crippen molar-refractivity contribution in [3.05, 3.63) is 80.7 Å². The highest BCUT2D eigenvalue weighted by molar-refractivity contribution is 9.10. The van der Waals surface area contributed by atoms with Crippen LogP contribution >= 0.6 is 43.6 Å². The maximum atomic E-state index is 12.8. The lowest BCUT2D eigenvalue weighted by atomic mass is 9.99. The Balaban J connectivity index is 0.000000223. The number of thioether (sulfide) groups is 1. The van der Waals surface area contributed by atoms with Crippen molar-refractivity contribution in [3.8, 4) is 11.8 Å². The first-order chi connectivity index (χ1) is 32.0. The van der Waals surface area contributed by atoms with Crippen molar-refractivity contribution >= 4 is 95.1 Å². The molecule has 0 spiro atoms. The van der Waals surface area contributed by atoms with Crippen molar-refractivity contribution in [1.82, 2.24) is 34.6 Å². The van der Waals surface area contributed by atoms with Crippen LogP contribution in [0.15, 0.2) is 74.8 Å². The Bertz CT molecular complexity index is 2370. The van der Waals surface area contributed by atoms with Gasteiger partial charge in [-0.2, -0.15) is 0 Å². The van der Waals surface area contributed by atoms with E-state index in [0.717, 1.165) is 95.0 Å². The third-order valence-corrected chi connectivity index (χ3v) is 13.8. The molecule has 3 aromatic carbocycles. The number of hydrogen-bond donors (Lipinski definition) is 6. The number of nitrogens with zero attached hydrogens (tertiary/aromatic N) is 7. The fraction of sp³-hybridized carbons (Fsp3) is 0.458. The molecule has 66 heavy (non-hydrogen) atoms. The first-order valence-electron chi connectivity index (χ1n) is 22.7. The molecule has 4 heterocycles. The predicted octanol–water partition coefficient (Wildman–Crippen LogP) is 5.86. The standard InChI is InChI=1S/C28H36Br2N4O2.C20H28N8OS/c1-20-6-9-31(10-7-20)11-8-28(36)33-14-12-32(13-15-33)18-23(35)19-34-26-4-2-21(29)16-24(26)25-17-22(30)3-5-27(25)34;1-2-12-30-20-26-18(25-11-9-21)17(22)19(27-20)28(23)13-16-7-5-15(6-8-16)4-3-10-24-14-29/h2-5,16-17,20,23,35H,6-15,18-19H2,1H3;5-8,14H,2,9-13,21-23H2,1H3,(H,24,29)(H,25,26,27). The quantitative estimate of drug-likeness (QED) is 0.0116. The number of aromatic nitrogens is 3. The topological polar surface area (TPSA) is 200 Å². The molecule has 354 valence electrons. The number of piperazine rings is 1.